The van der Waals surface area contributed by atoms with Gasteiger partial charge in [-0.05, 0) is 38.0 Å². The van der Waals surface area contributed by atoms with E-state index in [1.165, 1.54) is 0 Å². The predicted molar refractivity (Wildman–Crippen MR) is 63.7 cm³/mol. The Labute approximate surface area is 102 Å². The summed E-state index contributed by atoms with van der Waals surface area (Å²) in [5.41, 5.74) is 0. The van der Waals surface area contributed by atoms with Crippen molar-refractivity contribution < 1.29 is 14.6 Å². The van der Waals surface area contributed by atoms with Crippen LogP contribution in [0.2, 0.25) is 0 Å². The van der Waals surface area contributed by atoms with Crippen LogP contribution >= 0.6 is 0 Å². The summed E-state index contributed by atoms with van der Waals surface area (Å²) in [6.45, 7) is 2.00. The molecule has 1 atom stereocenters. The first-order valence-electron chi connectivity index (χ1n) is 6.56. The number of aliphatic hydroxyl groups excluding tert-OH is 1. The lowest BCUT2D eigenvalue weighted by Crippen LogP contribution is -2.45. The lowest BCUT2D eigenvalue weighted by Gasteiger charge is -2.23. The van der Waals surface area contributed by atoms with Gasteiger partial charge < -0.3 is 20.5 Å². The fourth-order valence-electron chi connectivity index (χ4n) is 2.13. The van der Waals surface area contributed by atoms with Gasteiger partial charge in [0.2, 0.25) is 0 Å². The van der Waals surface area contributed by atoms with Gasteiger partial charge in [-0.15, -0.1) is 0 Å². The molecular formula is C12H22N2O3. The van der Waals surface area contributed by atoms with Gasteiger partial charge in [-0.2, -0.15) is 0 Å². The van der Waals surface area contributed by atoms with Crippen LogP contribution < -0.4 is 10.6 Å². The Morgan fingerprint density at radius 2 is 2.00 bits per heavy atom. The Morgan fingerprint density at radius 1 is 1.29 bits per heavy atom. The van der Waals surface area contributed by atoms with Crippen molar-refractivity contribution in [1.29, 1.82) is 0 Å². The quantitative estimate of drug-likeness (QED) is 0.662. The molecular weight excluding hydrogens is 220 g/mol. The molecule has 1 aliphatic carbocycles. The van der Waals surface area contributed by atoms with Crippen LogP contribution in [-0.2, 0) is 4.74 Å². The molecule has 0 aromatic heterocycles. The Bertz CT molecular complexity index is 250. The second kappa shape index (κ2) is 6.21. The van der Waals surface area contributed by atoms with Crippen molar-refractivity contribution in [2.75, 3.05) is 19.8 Å². The maximum absolute atomic E-state index is 11.5. The molecule has 2 fully saturated rings. The van der Waals surface area contributed by atoms with E-state index in [1.807, 2.05) is 0 Å². The molecule has 2 aliphatic rings. The zero-order valence-corrected chi connectivity index (χ0v) is 10.2. The lowest BCUT2D eigenvalue weighted by atomic mass is 10.1. The zero-order chi connectivity index (χ0) is 12.1. The van der Waals surface area contributed by atoms with Crippen molar-refractivity contribution in [3.63, 3.8) is 0 Å². The first-order valence-corrected chi connectivity index (χ1v) is 6.56. The fourth-order valence-corrected chi connectivity index (χ4v) is 2.13. The van der Waals surface area contributed by atoms with E-state index in [0.717, 1.165) is 38.9 Å². The van der Waals surface area contributed by atoms with Gasteiger partial charge in [-0.25, -0.2) is 4.79 Å². The number of ether oxygens (including phenoxy) is 1. The number of rotatable bonds is 5. The third-order valence-electron chi connectivity index (χ3n) is 3.45. The van der Waals surface area contributed by atoms with Crippen LogP contribution in [0.4, 0.5) is 4.79 Å². The van der Waals surface area contributed by atoms with Gasteiger partial charge >= 0.3 is 6.03 Å². The molecule has 0 spiro atoms. The van der Waals surface area contributed by atoms with Crippen molar-refractivity contribution >= 4 is 6.03 Å². The van der Waals surface area contributed by atoms with Crippen LogP contribution in [0.25, 0.3) is 0 Å². The summed E-state index contributed by atoms with van der Waals surface area (Å²) in [5.74, 6) is 0.482. The number of urea groups is 1. The summed E-state index contributed by atoms with van der Waals surface area (Å²) >= 11 is 0. The van der Waals surface area contributed by atoms with Gasteiger partial charge in [0, 0.05) is 25.8 Å². The van der Waals surface area contributed by atoms with E-state index in [4.69, 9.17) is 4.74 Å². The minimum atomic E-state index is -0.238. The van der Waals surface area contributed by atoms with Gasteiger partial charge in [0.25, 0.3) is 0 Å². The van der Waals surface area contributed by atoms with Crippen molar-refractivity contribution in [2.24, 2.45) is 5.92 Å². The second-order valence-corrected chi connectivity index (χ2v) is 4.98. The number of carbonyl (C=O) groups excluding carboxylic acids is 1. The molecule has 3 N–H and O–H groups in total. The summed E-state index contributed by atoms with van der Waals surface area (Å²) in [6, 6.07) is 0.108. The van der Waals surface area contributed by atoms with Crippen molar-refractivity contribution in [2.45, 2.75) is 44.2 Å². The molecule has 2 amide bonds. The Kier molecular flexibility index (Phi) is 4.62. The van der Waals surface area contributed by atoms with Gasteiger partial charge in [-0.3, -0.25) is 0 Å². The Balaban J connectivity index is 1.53. The standard InChI is InChI=1S/C12H22N2O3/c15-11(9-1-2-9)3-6-13-12(16)14-10-4-7-17-8-5-10/h9-11,15H,1-8H2,(H2,13,14,16)/t11-/m0/s1. The highest BCUT2D eigenvalue weighted by atomic mass is 16.5. The smallest absolute Gasteiger partial charge is 0.315 e. The Hall–Kier alpha value is -0.810. The molecule has 1 saturated heterocycles. The minimum Gasteiger partial charge on any atom is -0.393 e. The first-order chi connectivity index (χ1) is 8.25. The monoisotopic (exact) mass is 242 g/mol. The number of aliphatic hydroxyl groups is 1. The molecule has 1 saturated carbocycles. The number of hydrogen-bond acceptors (Lipinski definition) is 3. The molecule has 0 radical (unpaired) electrons. The SMILES string of the molecule is O=C(NCC[C@H](O)C1CC1)NC1CCOCC1. The largest absolute Gasteiger partial charge is 0.393 e. The third kappa shape index (κ3) is 4.52. The molecule has 0 bridgehead atoms. The molecule has 1 heterocycles. The lowest BCUT2D eigenvalue weighted by molar-refractivity contribution is 0.0800. The van der Waals surface area contributed by atoms with E-state index in [2.05, 4.69) is 10.6 Å². The summed E-state index contributed by atoms with van der Waals surface area (Å²) in [7, 11) is 0. The summed E-state index contributed by atoms with van der Waals surface area (Å²) in [6.07, 6.45) is 4.46. The van der Waals surface area contributed by atoms with Crippen molar-refractivity contribution in [1.82, 2.24) is 10.6 Å². The number of nitrogens with one attached hydrogen (secondary N) is 2. The maximum atomic E-state index is 11.5. The fraction of sp³-hybridized carbons (Fsp3) is 0.917. The van der Waals surface area contributed by atoms with E-state index in [1.54, 1.807) is 0 Å². The zero-order valence-electron chi connectivity index (χ0n) is 10.2. The molecule has 5 nitrogen and oxygen atoms in total. The number of carbonyl (C=O) groups is 1. The van der Waals surface area contributed by atoms with Gasteiger partial charge in [0.05, 0.1) is 6.10 Å². The average molecular weight is 242 g/mol. The molecule has 0 aromatic carbocycles. The highest BCUT2D eigenvalue weighted by Crippen LogP contribution is 2.33. The summed E-state index contributed by atoms with van der Waals surface area (Å²) < 4.78 is 5.22. The van der Waals surface area contributed by atoms with E-state index >= 15 is 0 Å². The molecule has 2 rings (SSSR count). The number of amides is 2. The van der Waals surface area contributed by atoms with Crippen LogP contribution in [0.15, 0.2) is 0 Å². The van der Waals surface area contributed by atoms with Gasteiger partial charge in [0.1, 0.15) is 0 Å². The molecule has 1 aliphatic heterocycles. The summed E-state index contributed by atoms with van der Waals surface area (Å²) in [4.78, 5) is 11.5. The highest BCUT2D eigenvalue weighted by molar-refractivity contribution is 5.74. The second-order valence-electron chi connectivity index (χ2n) is 4.98. The Morgan fingerprint density at radius 3 is 2.65 bits per heavy atom. The van der Waals surface area contributed by atoms with Gasteiger partial charge in [0.15, 0.2) is 0 Å². The van der Waals surface area contributed by atoms with Crippen LogP contribution in [-0.4, -0.2) is 43.0 Å². The molecule has 0 unspecified atom stereocenters. The highest BCUT2D eigenvalue weighted by Gasteiger charge is 2.29. The molecule has 0 aromatic rings. The normalized spacial score (nSPS) is 23.1. The average Bonchev–Trinajstić information content (AvgIpc) is 3.14. The molecule has 5 heteroatoms. The van der Waals surface area contributed by atoms with Crippen LogP contribution in [0.5, 0.6) is 0 Å². The van der Waals surface area contributed by atoms with E-state index < -0.39 is 0 Å². The number of hydrogen-bond donors (Lipinski definition) is 3. The van der Waals surface area contributed by atoms with Crippen LogP contribution in [0, 0.1) is 5.92 Å². The summed E-state index contributed by atoms with van der Waals surface area (Å²) in [5, 5.41) is 15.4. The molecule has 98 valence electrons. The van der Waals surface area contributed by atoms with Crippen molar-refractivity contribution in [3.05, 3.63) is 0 Å². The third-order valence-corrected chi connectivity index (χ3v) is 3.45. The van der Waals surface area contributed by atoms with E-state index in [9.17, 15) is 9.90 Å². The van der Waals surface area contributed by atoms with Crippen LogP contribution in [0.3, 0.4) is 0 Å². The maximum Gasteiger partial charge on any atom is 0.315 e. The minimum absolute atomic E-state index is 0.125. The van der Waals surface area contributed by atoms with Gasteiger partial charge in [-0.1, -0.05) is 0 Å². The topological polar surface area (TPSA) is 70.6 Å². The van der Waals surface area contributed by atoms with E-state index in [-0.39, 0.29) is 18.2 Å². The van der Waals surface area contributed by atoms with Crippen molar-refractivity contribution in [3.8, 4) is 0 Å². The van der Waals surface area contributed by atoms with E-state index in [0.29, 0.717) is 18.9 Å². The van der Waals surface area contributed by atoms with Crippen LogP contribution in [0.1, 0.15) is 32.1 Å². The molecule has 17 heavy (non-hydrogen) atoms. The first kappa shape index (κ1) is 12.6. The predicted octanol–water partition coefficient (Wildman–Crippen LogP) is 0.626.